The van der Waals surface area contributed by atoms with Crippen molar-refractivity contribution in [3.05, 3.63) is 124 Å². The Morgan fingerprint density at radius 3 is 1.76 bits per heavy atom. The molecule has 0 fully saturated rings. The minimum Gasteiger partial charge on any atom is -0.282 e. The van der Waals surface area contributed by atoms with Crippen LogP contribution >= 0.6 is 11.6 Å². The zero-order valence-electron chi connectivity index (χ0n) is 17.6. The summed E-state index contributed by atoms with van der Waals surface area (Å²) in [6.07, 6.45) is 7.64. The monoisotopic (exact) mass is 472 g/mol. The van der Waals surface area contributed by atoms with Crippen LogP contribution in [0.4, 0.5) is 0 Å². The Morgan fingerprint density at radius 1 is 0.606 bits per heavy atom. The highest BCUT2D eigenvalue weighted by Crippen LogP contribution is 2.26. The van der Waals surface area contributed by atoms with Gasteiger partial charge in [0.25, 0.3) is 10.1 Å². The van der Waals surface area contributed by atoms with Crippen molar-refractivity contribution in [1.29, 1.82) is 0 Å². The summed E-state index contributed by atoms with van der Waals surface area (Å²) < 4.78 is 32.5. The average molecular weight is 473 g/mol. The summed E-state index contributed by atoms with van der Waals surface area (Å²) in [7, 11) is -4.28. The van der Waals surface area contributed by atoms with Gasteiger partial charge in [0.15, 0.2) is 0 Å². The van der Waals surface area contributed by atoms with Gasteiger partial charge in [-0.2, -0.15) is 8.42 Å². The van der Waals surface area contributed by atoms with Crippen LogP contribution in [-0.2, 0) is 10.1 Å². The Labute approximate surface area is 199 Å². The molecule has 0 amide bonds. The van der Waals surface area contributed by atoms with Gasteiger partial charge in [-0.25, -0.2) is 0 Å². The van der Waals surface area contributed by atoms with Gasteiger partial charge >= 0.3 is 0 Å². The van der Waals surface area contributed by atoms with Crippen LogP contribution in [0.5, 0.6) is 0 Å². The molecule has 0 heterocycles. The maximum atomic E-state index is 11.6. The molecule has 0 aromatic heterocycles. The van der Waals surface area contributed by atoms with Crippen LogP contribution < -0.4 is 0 Å². The van der Waals surface area contributed by atoms with Gasteiger partial charge < -0.3 is 0 Å². The standard InChI is InChI=1S/C28H21ClO3S/c29-26-19-13-22(14-20-26)9-15-23-5-1-3-7-27(23)24-16-10-21(11-17-24)12-18-25-6-2-4-8-28(25)33(30,31)32/h1-20H,(H,30,31,32). The third-order valence-corrected chi connectivity index (χ3v) is 6.34. The van der Waals surface area contributed by atoms with Crippen molar-refractivity contribution in [2.45, 2.75) is 4.90 Å². The highest BCUT2D eigenvalue weighted by atomic mass is 35.5. The third-order valence-electron chi connectivity index (χ3n) is 5.16. The number of benzene rings is 4. The van der Waals surface area contributed by atoms with Crippen molar-refractivity contribution in [1.82, 2.24) is 0 Å². The second-order valence-electron chi connectivity index (χ2n) is 7.44. The van der Waals surface area contributed by atoms with Gasteiger partial charge in [-0.3, -0.25) is 4.55 Å². The van der Waals surface area contributed by atoms with Crippen molar-refractivity contribution >= 4 is 46.0 Å². The summed E-state index contributed by atoms with van der Waals surface area (Å²) in [5.74, 6) is 0. The lowest BCUT2D eigenvalue weighted by atomic mass is 9.97. The predicted octanol–water partition coefficient (Wildman–Crippen LogP) is 7.59. The molecule has 1 N–H and O–H groups in total. The Balaban J connectivity index is 1.57. The van der Waals surface area contributed by atoms with Crippen LogP contribution in [0.1, 0.15) is 22.3 Å². The van der Waals surface area contributed by atoms with Gasteiger partial charge in [0.1, 0.15) is 4.90 Å². The van der Waals surface area contributed by atoms with E-state index in [1.807, 2.05) is 66.7 Å². The molecule has 5 heteroatoms. The molecule has 0 radical (unpaired) electrons. The van der Waals surface area contributed by atoms with Gasteiger partial charge in [0.2, 0.25) is 0 Å². The molecule has 0 bridgehead atoms. The number of rotatable bonds is 6. The lowest BCUT2D eigenvalue weighted by Gasteiger charge is -2.07. The van der Waals surface area contributed by atoms with Crippen LogP contribution in [0.25, 0.3) is 35.4 Å². The number of hydrogen-bond donors (Lipinski definition) is 1. The van der Waals surface area contributed by atoms with E-state index in [0.29, 0.717) is 10.6 Å². The largest absolute Gasteiger partial charge is 0.295 e. The zero-order valence-corrected chi connectivity index (χ0v) is 19.2. The molecule has 0 spiro atoms. The lowest BCUT2D eigenvalue weighted by Crippen LogP contribution is -2.00. The Kier molecular flexibility index (Phi) is 6.90. The smallest absolute Gasteiger partial charge is 0.282 e. The predicted molar refractivity (Wildman–Crippen MR) is 137 cm³/mol. The van der Waals surface area contributed by atoms with Crippen LogP contribution in [0, 0.1) is 0 Å². The highest BCUT2D eigenvalue weighted by Gasteiger charge is 2.12. The van der Waals surface area contributed by atoms with Crippen molar-refractivity contribution in [2.75, 3.05) is 0 Å². The quantitative estimate of drug-likeness (QED) is 0.232. The van der Waals surface area contributed by atoms with Crippen molar-refractivity contribution in [3.63, 3.8) is 0 Å². The van der Waals surface area contributed by atoms with Crippen LogP contribution in [0.2, 0.25) is 5.02 Å². The van der Waals surface area contributed by atoms with Crippen molar-refractivity contribution in [2.24, 2.45) is 0 Å². The van der Waals surface area contributed by atoms with E-state index in [1.165, 1.54) is 6.07 Å². The molecule has 0 saturated heterocycles. The molecule has 3 nitrogen and oxygen atoms in total. The fourth-order valence-electron chi connectivity index (χ4n) is 3.48. The van der Waals surface area contributed by atoms with Crippen molar-refractivity contribution in [3.8, 4) is 11.1 Å². The molecule has 164 valence electrons. The molecule has 0 atom stereocenters. The lowest BCUT2D eigenvalue weighted by molar-refractivity contribution is 0.483. The Hall–Kier alpha value is -3.44. The number of hydrogen-bond acceptors (Lipinski definition) is 2. The van der Waals surface area contributed by atoms with E-state index in [1.54, 1.807) is 24.3 Å². The topological polar surface area (TPSA) is 54.4 Å². The molecular formula is C28H21ClO3S. The Bertz CT molecular complexity index is 1420. The summed E-state index contributed by atoms with van der Waals surface area (Å²) in [6, 6.07) is 30.2. The Morgan fingerprint density at radius 2 is 1.12 bits per heavy atom. The fraction of sp³-hybridized carbons (Fsp3) is 0. The van der Waals surface area contributed by atoms with Gasteiger partial charge in [0.05, 0.1) is 0 Å². The van der Waals surface area contributed by atoms with Gasteiger partial charge in [0, 0.05) is 5.02 Å². The van der Waals surface area contributed by atoms with E-state index >= 15 is 0 Å². The maximum absolute atomic E-state index is 11.6. The minimum atomic E-state index is -4.28. The number of halogens is 1. The molecule has 0 aliphatic heterocycles. The summed E-state index contributed by atoms with van der Waals surface area (Å²) >= 11 is 5.96. The van der Waals surface area contributed by atoms with Crippen LogP contribution in [0.3, 0.4) is 0 Å². The van der Waals surface area contributed by atoms with E-state index in [4.69, 9.17) is 11.6 Å². The first kappa shape index (κ1) is 22.7. The van der Waals surface area contributed by atoms with E-state index in [0.717, 1.165) is 27.8 Å². The van der Waals surface area contributed by atoms with E-state index < -0.39 is 10.1 Å². The second kappa shape index (κ2) is 10.0. The molecule has 4 aromatic carbocycles. The molecule has 0 saturated carbocycles. The normalized spacial score (nSPS) is 11.9. The average Bonchev–Trinajstić information content (AvgIpc) is 2.82. The summed E-state index contributed by atoms with van der Waals surface area (Å²) in [5.41, 5.74) is 5.69. The molecule has 4 rings (SSSR count). The van der Waals surface area contributed by atoms with Gasteiger partial charge in [-0.05, 0) is 51.6 Å². The summed E-state index contributed by atoms with van der Waals surface area (Å²) in [5, 5.41) is 0.711. The summed E-state index contributed by atoms with van der Waals surface area (Å²) in [4.78, 5) is -0.112. The van der Waals surface area contributed by atoms with Crippen LogP contribution in [-0.4, -0.2) is 13.0 Å². The first-order valence-corrected chi connectivity index (χ1v) is 12.1. The molecule has 33 heavy (non-hydrogen) atoms. The molecule has 4 aromatic rings. The first-order valence-electron chi connectivity index (χ1n) is 10.3. The molecule has 0 unspecified atom stereocenters. The van der Waals surface area contributed by atoms with E-state index in [-0.39, 0.29) is 4.90 Å². The maximum Gasteiger partial charge on any atom is 0.295 e. The van der Waals surface area contributed by atoms with Gasteiger partial charge in [-0.15, -0.1) is 0 Å². The van der Waals surface area contributed by atoms with Crippen LogP contribution in [0.15, 0.2) is 102 Å². The zero-order chi connectivity index (χ0) is 23.3. The highest BCUT2D eigenvalue weighted by molar-refractivity contribution is 7.85. The SMILES string of the molecule is O=S(=O)(O)c1ccccc1C=Cc1ccc(-c2ccccc2C=Cc2ccc(Cl)cc2)cc1. The third kappa shape index (κ3) is 5.88. The molecule has 0 aliphatic rings. The molecular weight excluding hydrogens is 452 g/mol. The first-order chi connectivity index (χ1) is 15.9. The van der Waals surface area contributed by atoms with E-state index in [9.17, 15) is 13.0 Å². The molecule has 0 aliphatic carbocycles. The summed E-state index contributed by atoms with van der Waals surface area (Å²) in [6.45, 7) is 0. The van der Waals surface area contributed by atoms with Crippen molar-refractivity contribution < 1.29 is 13.0 Å². The fourth-order valence-corrected chi connectivity index (χ4v) is 4.29. The van der Waals surface area contributed by atoms with E-state index in [2.05, 4.69) is 24.3 Å². The van der Waals surface area contributed by atoms with Gasteiger partial charge in [-0.1, -0.05) is 115 Å². The minimum absolute atomic E-state index is 0.112. The second-order valence-corrected chi connectivity index (χ2v) is 9.27.